The molecule has 2 saturated heterocycles. The second kappa shape index (κ2) is 11.4. The van der Waals surface area contributed by atoms with Crippen LogP contribution in [0, 0.1) is 0 Å². The van der Waals surface area contributed by atoms with Gasteiger partial charge in [0.15, 0.2) is 0 Å². The first kappa shape index (κ1) is 24.2. The average Bonchev–Trinajstić information content (AvgIpc) is 3.15. The number of methoxy groups -OCH3 is 1. The molecule has 1 N–H and O–H groups in total. The summed E-state index contributed by atoms with van der Waals surface area (Å²) in [7, 11) is -1.56. The summed E-state index contributed by atoms with van der Waals surface area (Å²) in [5, 5.41) is 2.87. The highest BCUT2D eigenvalue weighted by molar-refractivity contribution is 7.93. The summed E-state index contributed by atoms with van der Waals surface area (Å²) < 4.78 is 30.4. The minimum absolute atomic E-state index is 0.00838. The van der Waals surface area contributed by atoms with Crippen molar-refractivity contribution >= 4 is 33.6 Å². The molecule has 176 valence electrons. The van der Waals surface area contributed by atoms with Crippen molar-refractivity contribution in [2.24, 2.45) is 0 Å². The summed E-state index contributed by atoms with van der Waals surface area (Å²) in [6, 6.07) is 7.17. The Balaban J connectivity index is 1.42. The van der Waals surface area contributed by atoms with Crippen molar-refractivity contribution in [1.82, 2.24) is 15.1 Å². The van der Waals surface area contributed by atoms with Gasteiger partial charge in [-0.1, -0.05) is 12.1 Å². The van der Waals surface area contributed by atoms with E-state index in [2.05, 4.69) is 5.32 Å². The standard InChI is InChI=1S/C22H32N4O5S/c1-31-16-2-10-23-21(27)18-24-12-14-25(15-13-24)22(28)9-6-19-4-7-20(8-5-19)26-11-3-17-32(26,29)30/h4-9H,2-3,10-18H2,1H3,(H,23,27)/b9-6+. The van der Waals surface area contributed by atoms with Gasteiger partial charge in [-0.25, -0.2) is 8.42 Å². The van der Waals surface area contributed by atoms with Gasteiger partial charge in [0.2, 0.25) is 21.8 Å². The van der Waals surface area contributed by atoms with Crippen LogP contribution in [0.15, 0.2) is 30.3 Å². The molecule has 2 amide bonds. The van der Waals surface area contributed by atoms with E-state index in [1.54, 1.807) is 36.3 Å². The molecule has 9 nitrogen and oxygen atoms in total. The van der Waals surface area contributed by atoms with E-state index >= 15 is 0 Å². The zero-order chi connectivity index (χ0) is 23.0. The lowest BCUT2D eigenvalue weighted by Crippen LogP contribution is -2.50. The molecule has 32 heavy (non-hydrogen) atoms. The van der Waals surface area contributed by atoms with Crippen LogP contribution in [0.2, 0.25) is 0 Å². The SMILES string of the molecule is COCCCNC(=O)CN1CCN(C(=O)/C=C/c2ccc(N3CCCS3(=O)=O)cc2)CC1. The Bertz CT molecular complexity index is 909. The molecule has 0 atom stereocenters. The molecule has 0 spiro atoms. The monoisotopic (exact) mass is 464 g/mol. The molecular weight excluding hydrogens is 432 g/mol. The number of carbonyl (C=O) groups is 2. The second-order valence-corrected chi connectivity index (χ2v) is 9.98. The zero-order valence-corrected chi connectivity index (χ0v) is 19.3. The molecule has 1 aromatic rings. The predicted molar refractivity (Wildman–Crippen MR) is 124 cm³/mol. The van der Waals surface area contributed by atoms with Crippen molar-refractivity contribution in [3.05, 3.63) is 35.9 Å². The number of hydrogen-bond donors (Lipinski definition) is 1. The molecule has 2 heterocycles. The minimum atomic E-state index is -3.19. The number of benzene rings is 1. The summed E-state index contributed by atoms with van der Waals surface area (Å²) in [5.41, 5.74) is 1.49. The van der Waals surface area contributed by atoms with E-state index in [1.807, 2.05) is 17.0 Å². The van der Waals surface area contributed by atoms with Crippen molar-refractivity contribution in [1.29, 1.82) is 0 Å². The predicted octanol–water partition coefficient (Wildman–Crippen LogP) is 0.537. The first-order valence-corrected chi connectivity index (χ1v) is 12.6. The van der Waals surface area contributed by atoms with E-state index < -0.39 is 10.0 Å². The number of amides is 2. The van der Waals surface area contributed by atoms with Gasteiger partial charge in [-0.3, -0.25) is 18.8 Å². The Morgan fingerprint density at radius 1 is 1.09 bits per heavy atom. The number of nitrogens with zero attached hydrogens (tertiary/aromatic N) is 3. The molecule has 2 aliphatic heterocycles. The summed E-state index contributed by atoms with van der Waals surface area (Å²) in [6.07, 6.45) is 4.71. The maximum atomic E-state index is 12.5. The Morgan fingerprint density at radius 2 is 1.81 bits per heavy atom. The largest absolute Gasteiger partial charge is 0.385 e. The molecular formula is C22H32N4O5S. The first-order chi connectivity index (χ1) is 15.4. The first-order valence-electron chi connectivity index (χ1n) is 10.9. The lowest BCUT2D eigenvalue weighted by atomic mass is 10.2. The number of ether oxygens (including phenoxy) is 1. The number of rotatable bonds is 9. The molecule has 0 aromatic heterocycles. The molecule has 2 fully saturated rings. The second-order valence-electron chi connectivity index (χ2n) is 7.96. The molecule has 10 heteroatoms. The minimum Gasteiger partial charge on any atom is -0.385 e. The third kappa shape index (κ3) is 6.78. The molecule has 0 unspecified atom stereocenters. The molecule has 1 aromatic carbocycles. The van der Waals surface area contributed by atoms with E-state index in [4.69, 9.17) is 4.74 Å². The summed E-state index contributed by atoms with van der Waals surface area (Å²) in [5.74, 6) is 0.112. The van der Waals surface area contributed by atoms with Gasteiger partial charge in [0.05, 0.1) is 18.0 Å². The summed E-state index contributed by atoms with van der Waals surface area (Å²) in [6.45, 7) is 4.54. The quantitative estimate of drug-likeness (QED) is 0.423. The van der Waals surface area contributed by atoms with Gasteiger partial charge in [-0.15, -0.1) is 0 Å². The van der Waals surface area contributed by atoms with Crippen LogP contribution in [0.1, 0.15) is 18.4 Å². The van der Waals surface area contributed by atoms with Crippen molar-refractivity contribution in [2.45, 2.75) is 12.8 Å². The van der Waals surface area contributed by atoms with Crippen LogP contribution in [0.3, 0.4) is 0 Å². The van der Waals surface area contributed by atoms with Crippen LogP contribution in [-0.2, 0) is 24.3 Å². The number of sulfonamides is 1. The third-order valence-corrected chi connectivity index (χ3v) is 7.47. The highest BCUT2D eigenvalue weighted by Crippen LogP contribution is 2.24. The smallest absolute Gasteiger partial charge is 0.246 e. The topological polar surface area (TPSA) is 99.3 Å². The Kier molecular flexibility index (Phi) is 8.66. The number of carbonyl (C=O) groups excluding carboxylic acids is 2. The van der Waals surface area contributed by atoms with Crippen LogP contribution >= 0.6 is 0 Å². The summed E-state index contributed by atoms with van der Waals surface area (Å²) in [4.78, 5) is 28.3. The Hall–Kier alpha value is -2.43. The van der Waals surface area contributed by atoms with Gasteiger partial charge in [0.1, 0.15) is 0 Å². The third-order valence-electron chi connectivity index (χ3n) is 5.60. The number of anilines is 1. The van der Waals surface area contributed by atoms with E-state index in [0.717, 1.165) is 12.0 Å². The Morgan fingerprint density at radius 3 is 2.44 bits per heavy atom. The number of piperazine rings is 1. The molecule has 0 bridgehead atoms. The Labute approximate surface area is 190 Å². The number of nitrogens with one attached hydrogen (secondary N) is 1. The molecule has 0 aliphatic carbocycles. The van der Waals surface area contributed by atoms with E-state index in [-0.39, 0.29) is 17.6 Å². The van der Waals surface area contributed by atoms with Crippen LogP contribution in [0.4, 0.5) is 5.69 Å². The molecule has 0 saturated carbocycles. The molecule has 3 rings (SSSR count). The van der Waals surface area contributed by atoms with Gasteiger partial charge < -0.3 is 15.0 Å². The fourth-order valence-electron chi connectivity index (χ4n) is 3.78. The van der Waals surface area contributed by atoms with Crippen LogP contribution < -0.4 is 9.62 Å². The maximum Gasteiger partial charge on any atom is 0.246 e. The van der Waals surface area contributed by atoms with Crippen molar-refractivity contribution in [3.8, 4) is 0 Å². The van der Waals surface area contributed by atoms with Crippen molar-refractivity contribution < 1.29 is 22.7 Å². The van der Waals surface area contributed by atoms with Crippen LogP contribution in [0.5, 0.6) is 0 Å². The fourth-order valence-corrected chi connectivity index (χ4v) is 5.35. The van der Waals surface area contributed by atoms with Crippen molar-refractivity contribution in [2.75, 3.05) is 69.6 Å². The van der Waals surface area contributed by atoms with Gasteiger partial charge in [-0.2, -0.15) is 0 Å². The van der Waals surface area contributed by atoms with E-state index in [0.29, 0.717) is 64.5 Å². The highest BCUT2D eigenvalue weighted by Gasteiger charge is 2.28. The van der Waals surface area contributed by atoms with Crippen molar-refractivity contribution in [3.63, 3.8) is 0 Å². The van der Waals surface area contributed by atoms with Gasteiger partial charge >= 0.3 is 0 Å². The van der Waals surface area contributed by atoms with E-state index in [9.17, 15) is 18.0 Å². The van der Waals surface area contributed by atoms with Gasteiger partial charge in [0, 0.05) is 59.1 Å². The lowest BCUT2D eigenvalue weighted by Gasteiger charge is -2.33. The maximum absolute atomic E-state index is 12.5. The van der Waals surface area contributed by atoms with Crippen LogP contribution in [-0.4, -0.2) is 95.3 Å². The van der Waals surface area contributed by atoms with Crippen LogP contribution in [0.25, 0.3) is 6.08 Å². The van der Waals surface area contributed by atoms with E-state index in [1.165, 1.54) is 4.31 Å². The highest BCUT2D eigenvalue weighted by atomic mass is 32.2. The molecule has 0 radical (unpaired) electrons. The normalized spacial score (nSPS) is 18.9. The lowest BCUT2D eigenvalue weighted by molar-refractivity contribution is -0.128. The molecule has 2 aliphatic rings. The van der Waals surface area contributed by atoms with Gasteiger partial charge in [-0.05, 0) is 36.6 Å². The van der Waals surface area contributed by atoms with Gasteiger partial charge in [0.25, 0.3) is 0 Å². The summed E-state index contributed by atoms with van der Waals surface area (Å²) >= 11 is 0. The number of hydrogen-bond acceptors (Lipinski definition) is 6. The fraction of sp³-hybridized carbons (Fsp3) is 0.545. The zero-order valence-electron chi connectivity index (χ0n) is 18.5. The average molecular weight is 465 g/mol.